The molecule has 0 aliphatic carbocycles. The van der Waals surface area contributed by atoms with Gasteiger partial charge in [-0.05, 0) is 25.1 Å². The average molecular weight is 363 g/mol. The molecule has 2 rings (SSSR count). The van der Waals surface area contributed by atoms with E-state index in [4.69, 9.17) is 11.6 Å². The van der Waals surface area contributed by atoms with Crippen molar-refractivity contribution in [1.29, 1.82) is 0 Å². The van der Waals surface area contributed by atoms with Gasteiger partial charge >= 0.3 is 11.9 Å². The Morgan fingerprint density at radius 1 is 1.46 bits per heavy atom. The minimum Gasteiger partial charge on any atom is -0.323 e. The minimum absolute atomic E-state index is 0.0741. The van der Waals surface area contributed by atoms with Gasteiger partial charge in [0.2, 0.25) is 5.91 Å². The van der Waals surface area contributed by atoms with E-state index in [9.17, 15) is 28.1 Å². The van der Waals surface area contributed by atoms with E-state index in [1.807, 2.05) is 0 Å². The molecule has 1 aromatic heterocycles. The summed E-state index contributed by atoms with van der Waals surface area (Å²) in [6, 6.07) is 1.52. The molecule has 0 saturated carbocycles. The van der Waals surface area contributed by atoms with E-state index in [1.165, 1.54) is 6.92 Å². The topological polar surface area (TPSA) is 90.1 Å². The number of alkyl halides is 3. The van der Waals surface area contributed by atoms with Gasteiger partial charge in [0.25, 0.3) is 0 Å². The lowest BCUT2D eigenvalue weighted by molar-refractivity contribution is -0.385. The molecule has 2 aromatic rings. The summed E-state index contributed by atoms with van der Waals surface area (Å²) in [4.78, 5) is 22.0. The van der Waals surface area contributed by atoms with Crippen molar-refractivity contribution < 1.29 is 22.9 Å². The molecule has 0 aliphatic rings. The summed E-state index contributed by atoms with van der Waals surface area (Å²) in [6.07, 6.45) is -2.59. The van der Waals surface area contributed by atoms with Gasteiger partial charge in [-0.2, -0.15) is 18.3 Å². The number of aromatic nitrogens is 2. The van der Waals surface area contributed by atoms with Gasteiger partial charge in [-0.1, -0.05) is 11.6 Å². The van der Waals surface area contributed by atoms with Crippen molar-refractivity contribution in [3.63, 3.8) is 0 Å². The second-order valence-corrected chi connectivity index (χ2v) is 5.20. The monoisotopic (exact) mass is 362 g/mol. The van der Waals surface area contributed by atoms with Crippen LogP contribution >= 0.6 is 11.6 Å². The van der Waals surface area contributed by atoms with Crippen LogP contribution in [-0.4, -0.2) is 20.6 Å². The summed E-state index contributed by atoms with van der Waals surface area (Å²) in [5, 5.41) is 16.5. The predicted molar refractivity (Wildman–Crippen MR) is 78.7 cm³/mol. The number of nitrogens with one attached hydrogen (secondary N) is 1. The summed E-state index contributed by atoms with van der Waals surface area (Å²) < 4.78 is 39.1. The van der Waals surface area contributed by atoms with Crippen LogP contribution < -0.4 is 5.32 Å². The van der Waals surface area contributed by atoms with Crippen LogP contribution in [0.1, 0.15) is 18.5 Å². The summed E-state index contributed by atoms with van der Waals surface area (Å²) in [6.45, 7) is 1.38. The number of carbonyl (C=O) groups is 1. The number of anilines is 1. The molecule has 1 atom stereocenters. The SMILES string of the molecule is C[C@H](C(=O)Nc1cc(C(F)(F)F)ccc1Cl)n1cc([N+](=O)[O-])cn1. The fourth-order valence-corrected chi connectivity index (χ4v) is 1.95. The number of carbonyl (C=O) groups excluding carboxylic acids is 1. The zero-order chi connectivity index (χ0) is 18.1. The third kappa shape index (κ3) is 3.82. The van der Waals surface area contributed by atoms with E-state index in [1.54, 1.807) is 0 Å². The predicted octanol–water partition coefficient (Wildman–Crippen LogP) is 3.66. The molecule has 24 heavy (non-hydrogen) atoms. The van der Waals surface area contributed by atoms with Gasteiger partial charge in [0.05, 0.1) is 21.2 Å². The van der Waals surface area contributed by atoms with Gasteiger partial charge < -0.3 is 5.32 Å². The van der Waals surface area contributed by atoms with Crippen molar-refractivity contribution >= 4 is 28.9 Å². The molecule has 128 valence electrons. The molecule has 11 heteroatoms. The Morgan fingerprint density at radius 3 is 2.67 bits per heavy atom. The van der Waals surface area contributed by atoms with Gasteiger partial charge in [0.15, 0.2) is 0 Å². The van der Waals surface area contributed by atoms with Crippen molar-refractivity contribution in [3.05, 3.63) is 51.3 Å². The Bertz CT molecular complexity index is 791. The summed E-state index contributed by atoms with van der Waals surface area (Å²) in [7, 11) is 0. The van der Waals surface area contributed by atoms with Gasteiger partial charge in [-0.25, -0.2) is 0 Å². The van der Waals surface area contributed by atoms with Gasteiger partial charge in [0, 0.05) is 0 Å². The molecule has 0 bridgehead atoms. The normalized spacial score (nSPS) is 12.7. The van der Waals surface area contributed by atoms with E-state index < -0.39 is 28.6 Å². The fourth-order valence-electron chi connectivity index (χ4n) is 1.79. The van der Waals surface area contributed by atoms with E-state index >= 15 is 0 Å². The van der Waals surface area contributed by atoms with E-state index in [-0.39, 0.29) is 16.4 Å². The molecule has 1 N–H and O–H groups in total. The van der Waals surface area contributed by atoms with Gasteiger partial charge in [-0.3, -0.25) is 19.6 Å². The van der Waals surface area contributed by atoms with Gasteiger partial charge in [-0.15, -0.1) is 0 Å². The zero-order valence-electron chi connectivity index (χ0n) is 12.0. The molecular weight excluding hydrogens is 353 g/mol. The molecule has 1 aromatic carbocycles. The molecule has 0 spiro atoms. The number of nitro groups is 1. The van der Waals surface area contributed by atoms with Crippen LogP contribution in [0.25, 0.3) is 0 Å². The third-order valence-electron chi connectivity index (χ3n) is 3.13. The first kappa shape index (κ1) is 17.7. The van der Waals surface area contributed by atoms with Crippen molar-refractivity contribution in [3.8, 4) is 0 Å². The lowest BCUT2D eigenvalue weighted by Crippen LogP contribution is -2.24. The largest absolute Gasteiger partial charge is 0.416 e. The molecule has 0 unspecified atom stereocenters. The second kappa shape index (κ2) is 6.48. The molecule has 1 heterocycles. The van der Waals surface area contributed by atoms with E-state index in [0.29, 0.717) is 6.07 Å². The number of rotatable bonds is 4. The van der Waals surface area contributed by atoms with Crippen molar-refractivity contribution in [2.24, 2.45) is 0 Å². The summed E-state index contributed by atoms with van der Waals surface area (Å²) >= 11 is 5.79. The number of halogens is 4. The van der Waals surface area contributed by atoms with Crippen LogP contribution in [-0.2, 0) is 11.0 Å². The molecule has 0 radical (unpaired) electrons. The molecule has 1 amide bonds. The van der Waals surface area contributed by atoms with Crippen LogP contribution in [0.3, 0.4) is 0 Å². The van der Waals surface area contributed by atoms with Crippen LogP contribution in [0.4, 0.5) is 24.5 Å². The summed E-state index contributed by atoms with van der Waals surface area (Å²) in [5.74, 6) is -0.728. The highest BCUT2D eigenvalue weighted by molar-refractivity contribution is 6.33. The minimum atomic E-state index is -4.59. The Kier molecular flexibility index (Phi) is 4.78. The Labute approximate surface area is 138 Å². The molecule has 0 fully saturated rings. The van der Waals surface area contributed by atoms with Crippen LogP contribution in [0.5, 0.6) is 0 Å². The first-order valence-electron chi connectivity index (χ1n) is 6.45. The molecule has 0 aliphatic heterocycles. The Hall–Kier alpha value is -2.62. The molecule has 7 nitrogen and oxygen atoms in total. The first-order chi connectivity index (χ1) is 11.1. The molecular formula is C13H10ClF3N4O3. The second-order valence-electron chi connectivity index (χ2n) is 4.79. The number of benzene rings is 1. The standard InChI is InChI=1S/C13H10ClF3N4O3/c1-7(20-6-9(5-18-20)21(23)24)12(22)19-11-4-8(13(15,16)17)2-3-10(11)14/h2-7H,1H3,(H,19,22)/t7-/m1/s1. The highest BCUT2D eigenvalue weighted by Gasteiger charge is 2.31. The number of hydrogen-bond donors (Lipinski definition) is 1. The maximum atomic E-state index is 12.7. The first-order valence-corrected chi connectivity index (χ1v) is 6.83. The van der Waals surface area contributed by atoms with E-state index in [2.05, 4.69) is 10.4 Å². The smallest absolute Gasteiger partial charge is 0.323 e. The highest BCUT2D eigenvalue weighted by atomic mass is 35.5. The van der Waals surface area contributed by atoms with Crippen LogP contribution in [0.2, 0.25) is 5.02 Å². The third-order valence-corrected chi connectivity index (χ3v) is 3.46. The van der Waals surface area contributed by atoms with Crippen molar-refractivity contribution in [1.82, 2.24) is 9.78 Å². The average Bonchev–Trinajstić information content (AvgIpc) is 2.97. The van der Waals surface area contributed by atoms with Crippen molar-refractivity contribution in [2.75, 3.05) is 5.32 Å². The quantitative estimate of drug-likeness (QED) is 0.663. The highest BCUT2D eigenvalue weighted by Crippen LogP contribution is 2.34. The maximum Gasteiger partial charge on any atom is 0.416 e. The fraction of sp³-hybridized carbons (Fsp3) is 0.231. The summed E-state index contributed by atoms with van der Waals surface area (Å²) in [5.41, 5.74) is -1.50. The number of nitrogens with zero attached hydrogens (tertiary/aromatic N) is 3. The van der Waals surface area contributed by atoms with E-state index in [0.717, 1.165) is 29.2 Å². The number of amides is 1. The van der Waals surface area contributed by atoms with Crippen molar-refractivity contribution in [2.45, 2.75) is 19.1 Å². The lowest BCUT2D eigenvalue weighted by Gasteiger charge is -2.15. The number of hydrogen-bond acceptors (Lipinski definition) is 4. The maximum absolute atomic E-state index is 12.7. The van der Waals surface area contributed by atoms with Gasteiger partial charge in [0.1, 0.15) is 18.4 Å². The molecule has 0 saturated heterocycles. The van der Waals surface area contributed by atoms with Crippen LogP contribution in [0, 0.1) is 10.1 Å². The van der Waals surface area contributed by atoms with Crippen LogP contribution in [0.15, 0.2) is 30.6 Å². The Morgan fingerprint density at radius 2 is 2.12 bits per heavy atom. The Balaban J connectivity index is 2.20. The zero-order valence-corrected chi connectivity index (χ0v) is 12.8. The lowest BCUT2D eigenvalue weighted by atomic mass is 10.2.